The zero-order chi connectivity index (χ0) is 15.4. The summed E-state index contributed by atoms with van der Waals surface area (Å²) >= 11 is 0. The van der Waals surface area contributed by atoms with Gasteiger partial charge in [-0.25, -0.2) is 0 Å². The molecule has 0 aliphatic heterocycles. The molecule has 0 aliphatic rings. The Kier molecular flexibility index (Phi) is 5.02. The average molecular weight is 287 g/mol. The van der Waals surface area contributed by atoms with Crippen molar-refractivity contribution < 1.29 is 4.74 Å². The van der Waals surface area contributed by atoms with Crippen LogP contribution in [-0.2, 0) is 13.5 Å². The fourth-order valence-electron chi connectivity index (χ4n) is 2.53. The summed E-state index contributed by atoms with van der Waals surface area (Å²) in [6, 6.07) is 10.7. The second-order valence-corrected chi connectivity index (χ2v) is 5.69. The zero-order valence-electron chi connectivity index (χ0n) is 13.6. The molecule has 0 aliphatic carbocycles. The van der Waals surface area contributed by atoms with E-state index >= 15 is 0 Å². The highest BCUT2D eigenvalue weighted by Gasteiger charge is 2.14. The van der Waals surface area contributed by atoms with Crippen molar-refractivity contribution >= 4 is 0 Å². The van der Waals surface area contributed by atoms with E-state index in [2.05, 4.69) is 28.6 Å². The van der Waals surface area contributed by atoms with E-state index in [1.165, 1.54) is 11.3 Å². The highest BCUT2D eigenvalue weighted by atomic mass is 16.5. The summed E-state index contributed by atoms with van der Waals surface area (Å²) in [5.41, 5.74) is 3.51. The number of benzene rings is 1. The molecule has 0 amide bonds. The third-order valence-electron chi connectivity index (χ3n) is 3.49. The summed E-state index contributed by atoms with van der Waals surface area (Å²) in [6.45, 7) is 6.11. The molecule has 0 bridgehead atoms. The van der Waals surface area contributed by atoms with Crippen molar-refractivity contribution in [3.05, 3.63) is 47.3 Å². The topological polar surface area (TPSA) is 39.1 Å². The van der Waals surface area contributed by atoms with Gasteiger partial charge in [-0.1, -0.05) is 12.1 Å². The Morgan fingerprint density at radius 3 is 2.62 bits per heavy atom. The molecule has 114 valence electrons. The molecule has 1 unspecified atom stereocenters. The van der Waals surface area contributed by atoms with Crippen LogP contribution in [0, 0.1) is 6.92 Å². The maximum absolute atomic E-state index is 5.78. The minimum atomic E-state index is 0.188. The van der Waals surface area contributed by atoms with Gasteiger partial charge in [0.25, 0.3) is 0 Å². The molecule has 1 heterocycles. The van der Waals surface area contributed by atoms with Crippen molar-refractivity contribution in [1.82, 2.24) is 15.1 Å². The molecule has 2 rings (SSSR count). The molecule has 0 fully saturated rings. The van der Waals surface area contributed by atoms with Gasteiger partial charge in [-0.15, -0.1) is 0 Å². The number of aryl methyl sites for hydroxylation is 2. The molecule has 4 nitrogen and oxygen atoms in total. The minimum Gasteiger partial charge on any atom is -0.491 e. The van der Waals surface area contributed by atoms with E-state index in [-0.39, 0.29) is 12.1 Å². The maximum Gasteiger partial charge on any atom is 0.120 e. The smallest absolute Gasteiger partial charge is 0.120 e. The van der Waals surface area contributed by atoms with E-state index in [4.69, 9.17) is 4.74 Å². The summed E-state index contributed by atoms with van der Waals surface area (Å²) in [5.74, 6) is 0.920. The Bertz CT molecular complexity index is 589. The number of hydrogen-bond acceptors (Lipinski definition) is 3. The summed E-state index contributed by atoms with van der Waals surface area (Å²) in [4.78, 5) is 0. The quantitative estimate of drug-likeness (QED) is 0.887. The van der Waals surface area contributed by atoms with Crippen LogP contribution in [0.15, 0.2) is 30.3 Å². The lowest BCUT2D eigenvalue weighted by molar-refractivity contribution is 0.242. The third kappa shape index (κ3) is 4.08. The van der Waals surface area contributed by atoms with E-state index < -0.39 is 0 Å². The van der Waals surface area contributed by atoms with Crippen molar-refractivity contribution in [3.8, 4) is 5.75 Å². The van der Waals surface area contributed by atoms with Gasteiger partial charge in [0.1, 0.15) is 5.75 Å². The van der Waals surface area contributed by atoms with Gasteiger partial charge in [-0.3, -0.25) is 4.68 Å². The Hall–Kier alpha value is -1.81. The van der Waals surface area contributed by atoms with E-state index in [0.717, 1.165) is 17.9 Å². The van der Waals surface area contributed by atoms with Crippen molar-refractivity contribution in [2.45, 2.75) is 39.3 Å². The van der Waals surface area contributed by atoms with Gasteiger partial charge in [0.2, 0.25) is 0 Å². The molecule has 21 heavy (non-hydrogen) atoms. The van der Waals surface area contributed by atoms with E-state index in [9.17, 15) is 0 Å². The summed E-state index contributed by atoms with van der Waals surface area (Å²) in [6.07, 6.45) is 1.09. The lowest BCUT2D eigenvalue weighted by atomic mass is 10.0. The zero-order valence-corrected chi connectivity index (χ0v) is 13.6. The van der Waals surface area contributed by atoms with Crippen molar-refractivity contribution in [1.29, 1.82) is 0 Å². The summed E-state index contributed by atoms with van der Waals surface area (Å²) in [7, 11) is 3.98. The highest BCUT2D eigenvalue weighted by molar-refractivity contribution is 5.31. The molecule has 0 saturated carbocycles. The van der Waals surface area contributed by atoms with Crippen LogP contribution in [0.25, 0.3) is 0 Å². The van der Waals surface area contributed by atoms with Crippen LogP contribution in [0.4, 0.5) is 0 Å². The molecule has 4 heteroatoms. The molecule has 2 aromatic rings. The lowest BCUT2D eigenvalue weighted by Crippen LogP contribution is -2.20. The SMILES string of the molecule is CNC(Cc1cc(C)nn1C)c1cccc(OC(C)C)c1. The number of likely N-dealkylation sites (N-methyl/N-ethyl adjacent to an activating group) is 1. The summed E-state index contributed by atoms with van der Waals surface area (Å²) in [5, 5.41) is 7.80. The van der Waals surface area contributed by atoms with Gasteiger partial charge in [0.15, 0.2) is 0 Å². The summed E-state index contributed by atoms with van der Waals surface area (Å²) < 4.78 is 7.73. The van der Waals surface area contributed by atoms with E-state index in [1.807, 2.05) is 51.7 Å². The molecule has 1 N–H and O–H groups in total. The number of aromatic nitrogens is 2. The van der Waals surface area contributed by atoms with Crippen molar-refractivity contribution in [2.75, 3.05) is 7.05 Å². The van der Waals surface area contributed by atoms with Gasteiger partial charge >= 0.3 is 0 Å². The fourth-order valence-corrected chi connectivity index (χ4v) is 2.53. The Labute approximate surface area is 127 Å². The molecular weight excluding hydrogens is 262 g/mol. The van der Waals surface area contributed by atoms with Crippen molar-refractivity contribution in [2.24, 2.45) is 7.05 Å². The first kappa shape index (κ1) is 15.6. The number of ether oxygens (including phenoxy) is 1. The number of nitrogens with zero attached hydrogens (tertiary/aromatic N) is 2. The Morgan fingerprint density at radius 1 is 1.29 bits per heavy atom. The molecule has 1 aromatic heterocycles. The first-order chi connectivity index (χ1) is 9.99. The van der Waals surface area contributed by atoms with Crippen LogP contribution < -0.4 is 10.1 Å². The number of rotatable bonds is 6. The first-order valence-electron chi connectivity index (χ1n) is 7.43. The predicted octanol–water partition coefficient (Wildman–Crippen LogP) is 3.02. The van der Waals surface area contributed by atoms with Crippen LogP contribution in [0.5, 0.6) is 5.75 Å². The number of nitrogens with one attached hydrogen (secondary N) is 1. The van der Waals surface area contributed by atoms with Gasteiger partial charge in [0.05, 0.1) is 11.8 Å². The second-order valence-electron chi connectivity index (χ2n) is 5.69. The number of hydrogen-bond donors (Lipinski definition) is 1. The first-order valence-corrected chi connectivity index (χ1v) is 7.43. The van der Waals surface area contributed by atoms with Gasteiger partial charge in [0, 0.05) is 25.2 Å². The third-order valence-corrected chi connectivity index (χ3v) is 3.49. The van der Waals surface area contributed by atoms with Crippen LogP contribution >= 0.6 is 0 Å². The monoisotopic (exact) mass is 287 g/mol. The minimum absolute atomic E-state index is 0.188. The largest absolute Gasteiger partial charge is 0.491 e. The van der Waals surface area contributed by atoms with E-state index in [0.29, 0.717) is 0 Å². The Morgan fingerprint density at radius 2 is 2.05 bits per heavy atom. The van der Waals surface area contributed by atoms with Gasteiger partial charge < -0.3 is 10.1 Å². The average Bonchev–Trinajstić information content (AvgIpc) is 2.73. The van der Waals surface area contributed by atoms with Gasteiger partial charge in [-0.2, -0.15) is 5.10 Å². The fraction of sp³-hybridized carbons (Fsp3) is 0.471. The highest BCUT2D eigenvalue weighted by Crippen LogP contribution is 2.23. The molecule has 0 radical (unpaired) electrons. The normalized spacial score (nSPS) is 12.7. The molecule has 0 spiro atoms. The van der Waals surface area contributed by atoms with E-state index in [1.54, 1.807) is 0 Å². The van der Waals surface area contributed by atoms with Crippen LogP contribution in [0.2, 0.25) is 0 Å². The molecule has 0 saturated heterocycles. The molecule has 1 aromatic carbocycles. The lowest BCUT2D eigenvalue weighted by Gasteiger charge is -2.18. The van der Waals surface area contributed by atoms with Crippen LogP contribution in [0.3, 0.4) is 0 Å². The standard InChI is InChI=1S/C17H25N3O/c1-12(2)21-16-8-6-7-14(10-16)17(18-4)11-15-9-13(3)19-20(15)5/h6-10,12,17-18H,11H2,1-5H3. The molecular formula is C17H25N3O. The van der Waals surface area contributed by atoms with Crippen LogP contribution in [-0.4, -0.2) is 22.9 Å². The van der Waals surface area contributed by atoms with Gasteiger partial charge in [-0.05, 0) is 51.6 Å². The molecule has 1 atom stereocenters. The Balaban J connectivity index is 2.19. The predicted molar refractivity (Wildman–Crippen MR) is 85.7 cm³/mol. The maximum atomic E-state index is 5.78. The van der Waals surface area contributed by atoms with Crippen LogP contribution in [0.1, 0.15) is 36.8 Å². The second kappa shape index (κ2) is 6.76. The van der Waals surface area contributed by atoms with Crippen molar-refractivity contribution in [3.63, 3.8) is 0 Å².